The summed E-state index contributed by atoms with van der Waals surface area (Å²) in [5.41, 5.74) is 0.864. The Hall–Kier alpha value is -2.52. The Balaban J connectivity index is 1.79. The van der Waals surface area contributed by atoms with Crippen LogP contribution in [-0.4, -0.2) is 27.7 Å². The van der Waals surface area contributed by atoms with E-state index in [1.54, 1.807) is 12.1 Å². The summed E-state index contributed by atoms with van der Waals surface area (Å²) < 4.78 is 13.1. The number of hydrogen-bond donors (Lipinski definition) is 2. The highest BCUT2D eigenvalue weighted by Gasteiger charge is 2.42. The number of nitriles is 1. The van der Waals surface area contributed by atoms with E-state index in [-0.39, 0.29) is 16.9 Å². The molecular weight excluding hydrogens is 307 g/mol. The Labute approximate surface area is 140 Å². The molecule has 5 nitrogen and oxygen atoms in total. The van der Waals surface area contributed by atoms with Gasteiger partial charge in [-0.15, -0.1) is 0 Å². The van der Waals surface area contributed by atoms with Crippen molar-refractivity contribution in [3.63, 3.8) is 0 Å². The van der Waals surface area contributed by atoms with E-state index in [1.165, 1.54) is 24.5 Å². The van der Waals surface area contributed by atoms with Gasteiger partial charge < -0.3 is 10.4 Å². The minimum Gasteiger partial charge on any atom is -0.392 e. The smallest absolute Gasteiger partial charge is 0.182 e. The van der Waals surface area contributed by atoms with Gasteiger partial charge in [0.1, 0.15) is 11.9 Å². The van der Waals surface area contributed by atoms with E-state index in [9.17, 15) is 9.50 Å². The molecule has 1 aromatic heterocycles. The summed E-state index contributed by atoms with van der Waals surface area (Å²) in [4.78, 5) is 8.15. The lowest BCUT2D eigenvalue weighted by atomic mass is 9.78. The maximum Gasteiger partial charge on any atom is 0.182 e. The molecule has 3 rings (SSSR count). The molecule has 1 heterocycles. The van der Waals surface area contributed by atoms with Gasteiger partial charge in [0.15, 0.2) is 11.5 Å². The number of hydrogen-bond acceptors (Lipinski definition) is 5. The summed E-state index contributed by atoms with van der Waals surface area (Å²) in [6.07, 6.45) is 5.75. The van der Waals surface area contributed by atoms with Gasteiger partial charge in [0, 0.05) is 24.4 Å². The van der Waals surface area contributed by atoms with Crippen LogP contribution in [0.3, 0.4) is 0 Å². The maximum atomic E-state index is 13.1. The lowest BCUT2D eigenvalue weighted by Crippen LogP contribution is -2.39. The minimum atomic E-state index is -0.447. The van der Waals surface area contributed by atoms with E-state index in [0.717, 1.165) is 24.8 Å². The third kappa shape index (κ3) is 3.36. The SMILES string of the molecule is N#Cc1nccnc1NC[C@]1(Cc2ccc(F)cc2)CCC[C@H]1O. The average Bonchev–Trinajstić information content (AvgIpc) is 2.96. The Morgan fingerprint density at radius 2 is 2.04 bits per heavy atom. The predicted molar refractivity (Wildman–Crippen MR) is 87.6 cm³/mol. The number of aromatic nitrogens is 2. The first kappa shape index (κ1) is 16.3. The number of rotatable bonds is 5. The molecule has 124 valence electrons. The topological polar surface area (TPSA) is 81.8 Å². The fraction of sp³-hybridized carbons (Fsp3) is 0.389. The Morgan fingerprint density at radius 1 is 1.29 bits per heavy atom. The Morgan fingerprint density at radius 3 is 2.71 bits per heavy atom. The van der Waals surface area contributed by atoms with Gasteiger partial charge in [0.2, 0.25) is 0 Å². The molecule has 0 amide bonds. The van der Waals surface area contributed by atoms with Crippen molar-refractivity contribution >= 4 is 5.82 Å². The summed E-state index contributed by atoms with van der Waals surface area (Å²) in [5, 5.41) is 22.8. The summed E-state index contributed by atoms with van der Waals surface area (Å²) >= 11 is 0. The Bertz CT molecular complexity index is 743. The lowest BCUT2D eigenvalue weighted by Gasteiger charge is -2.33. The van der Waals surface area contributed by atoms with E-state index in [0.29, 0.717) is 18.8 Å². The van der Waals surface area contributed by atoms with E-state index < -0.39 is 6.10 Å². The highest BCUT2D eigenvalue weighted by molar-refractivity contribution is 5.47. The zero-order valence-corrected chi connectivity index (χ0v) is 13.2. The van der Waals surface area contributed by atoms with Gasteiger partial charge in [-0.25, -0.2) is 14.4 Å². The summed E-state index contributed by atoms with van der Waals surface area (Å²) in [6.45, 7) is 0.485. The molecule has 24 heavy (non-hydrogen) atoms. The molecule has 1 aliphatic carbocycles. The van der Waals surface area contributed by atoms with Crippen LogP contribution in [0.2, 0.25) is 0 Å². The minimum absolute atomic E-state index is 0.238. The number of benzene rings is 1. The van der Waals surface area contributed by atoms with Crippen LogP contribution in [0.4, 0.5) is 10.2 Å². The fourth-order valence-corrected chi connectivity index (χ4v) is 3.41. The highest BCUT2D eigenvalue weighted by Crippen LogP contribution is 2.41. The first-order valence-electron chi connectivity index (χ1n) is 8.00. The van der Waals surface area contributed by atoms with E-state index in [1.807, 2.05) is 6.07 Å². The van der Waals surface area contributed by atoms with Gasteiger partial charge in [-0.3, -0.25) is 0 Å². The quantitative estimate of drug-likeness (QED) is 0.883. The molecule has 0 spiro atoms. The van der Waals surface area contributed by atoms with Crippen molar-refractivity contribution in [1.82, 2.24) is 9.97 Å². The van der Waals surface area contributed by atoms with Crippen molar-refractivity contribution in [2.24, 2.45) is 5.41 Å². The molecule has 1 aliphatic rings. The zero-order valence-electron chi connectivity index (χ0n) is 13.2. The molecule has 0 radical (unpaired) electrons. The third-order valence-electron chi connectivity index (χ3n) is 4.74. The van der Waals surface area contributed by atoms with E-state index in [4.69, 9.17) is 5.26 Å². The van der Waals surface area contributed by atoms with Crippen LogP contribution in [0, 0.1) is 22.6 Å². The standard InChI is InChI=1S/C18H19FN4O/c19-14-5-3-13(4-6-14)10-18(7-1-2-16(18)24)12-23-17-15(11-20)21-8-9-22-17/h3-6,8-9,16,24H,1-2,7,10,12H2,(H,22,23)/t16-,18-/m1/s1. The second kappa shape index (κ2) is 6.93. The Kier molecular flexibility index (Phi) is 4.72. The van der Waals surface area contributed by atoms with Crippen LogP contribution in [0.1, 0.15) is 30.5 Å². The molecule has 2 atom stereocenters. The van der Waals surface area contributed by atoms with Crippen LogP contribution in [0.15, 0.2) is 36.7 Å². The van der Waals surface area contributed by atoms with Crippen molar-refractivity contribution in [1.29, 1.82) is 5.26 Å². The van der Waals surface area contributed by atoms with Crippen LogP contribution in [-0.2, 0) is 6.42 Å². The monoisotopic (exact) mass is 326 g/mol. The predicted octanol–water partition coefficient (Wildman–Crippen LogP) is 2.67. The zero-order chi connectivity index (χ0) is 17.0. The van der Waals surface area contributed by atoms with Gasteiger partial charge in [-0.05, 0) is 37.0 Å². The number of aliphatic hydroxyl groups is 1. The fourth-order valence-electron chi connectivity index (χ4n) is 3.41. The molecule has 2 N–H and O–H groups in total. The molecule has 0 unspecified atom stereocenters. The summed E-state index contributed by atoms with van der Waals surface area (Å²) in [5.74, 6) is 0.161. The molecule has 0 aliphatic heterocycles. The molecular formula is C18H19FN4O. The number of nitrogens with one attached hydrogen (secondary N) is 1. The summed E-state index contributed by atoms with van der Waals surface area (Å²) in [7, 11) is 0. The van der Waals surface area contributed by atoms with Crippen molar-refractivity contribution < 1.29 is 9.50 Å². The molecule has 1 saturated carbocycles. The van der Waals surface area contributed by atoms with Gasteiger partial charge in [-0.1, -0.05) is 18.6 Å². The van der Waals surface area contributed by atoms with Crippen LogP contribution in [0.5, 0.6) is 0 Å². The molecule has 1 fully saturated rings. The summed E-state index contributed by atoms with van der Waals surface area (Å²) in [6, 6.07) is 8.40. The lowest BCUT2D eigenvalue weighted by molar-refractivity contribution is 0.0618. The van der Waals surface area contributed by atoms with E-state index in [2.05, 4.69) is 15.3 Å². The van der Waals surface area contributed by atoms with Crippen molar-refractivity contribution in [2.45, 2.75) is 31.8 Å². The first-order chi connectivity index (χ1) is 11.6. The second-order valence-electron chi connectivity index (χ2n) is 6.29. The highest BCUT2D eigenvalue weighted by atomic mass is 19.1. The largest absolute Gasteiger partial charge is 0.392 e. The third-order valence-corrected chi connectivity index (χ3v) is 4.74. The molecule has 1 aromatic carbocycles. The first-order valence-corrected chi connectivity index (χ1v) is 8.00. The molecule has 0 bridgehead atoms. The van der Waals surface area contributed by atoms with Crippen molar-refractivity contribution in [2.75, 3.05) is 11.9 Å². The maximum absolute atomic E-state index is 13.1. The van der Waals surface area contributed by atoms with Gasteiger partial charge in [0.25, 0.3) is 0 Å². The molecule has 6 heteroatoms. The van der Waals surface area contributed by atoms with Gasteiger partial charge >= 0.3 is 0 Å². The normalized spacial score (nSPS) is 23.0. The second-order valence-corrected chi connectivity index (χ2v) is 6.29. The van der Waals surface area contributed by atoms with Gasteiger partial charge in [0.05, 0.1) is 6.10 Å². The van der Waals surface area contributed by atoms with Crippen LogP contribution >= 0.6 is 0 Å². The van der Waals surface area contributed by atoms with Crippen molar-refractivity contribution in [3.05, 3.63) is 53.7 Å². The molecule has 2 aromatic rings. The average molecular weight is 326 g/mol. The van der Waals surface area contributed by atoms with Crippen LogP contribution in [0.25, 0.3) is 0 Å². The molecule has 0 saturated heterocycles. The van der Waals surface area contributed by atoms with Crippen molar-refractivity contribution in [3.8, 4) is 6.07 Å². The van der Waals surface area contributed by atoms with Gasteiger partial charge in [-0.2, -0.15) is 5.26 Å². The number of halogens is 1. The van der Waals surface area contributed by atoms with E-state index >= 15 is 0 Å². The van der Waals surface area contributed by atoms with Crippen LogP contribution < -0.4 is 5.32 Å². The number of aliphatic hydroxyl groups excluding tert-OH is 1. The number of anilines is 1. The number of nitrogens with zero attached hydrogens (tertiary/aromatic N) is 3.